The number of anilines is 1. The summed E-state index contributed by atoms with van der Waals surface area (Å²) < 4.78 is 3.36. The lowest BCUT2D eigenvalue weighted by molar-refractivity contribution is -0.119. The van der Waals surface area contributed by atoms with Crippen LogP contribution in [0.2, 0.25) is 0 Å². The molecule has 0 saturated heterocycles. The van der Waals surface area contributed by atoms with Crippen LogP contribution < -0.4 is 10.6 Å². The molecular weight excluding hydrogens is 430 g/mol. The van der Waals surface area contributed by atoms with E-state index in [4.69, 9.17) is 0 Å². The van der Waals surface area contributed by atoms with Crippen molar-refractivity contribution in [2.24, 2.45) is 20.0 Å². The summed E-state index contributed by atoms with van der Waals surface area (Å²) in [4.78, 5) is 30.8. The van der Waals surface area contributed by atoms with Crippen molar-refractivity contribution >= 4 is 17.6 Å². The Kier molecular flexibility index (Phi) is 7.09. The number of aromatic nitrogens is 5. The molecule has 0 aromatic carbocycles. The number of rotatable bonds is 6. The second-order valence-electron chi connectivity index (χ2n) is 9.15. The molecule has 4 rings (SSSR count). The molecule has 2 amide bonds. The Morgan fingerprint density at radius 3 is 2.32 bits per heavy atom. The van der Waals surface area contributed by atoms with Gasteiger partial charge in [-0.2, -0.15) is 10.2 Å². The number of amides is 2. The van der Waals surface area contributed by atoms with E-state index >= 15 is 0 Å². The summed E-state index contributed by atoms with van der Waals surface area (Å²) in [6.07, 6.45) is 9.59. The predicted octanol–water partition coefficient (Wildman–Crippen LogP) is 3.54. The van der Waals surface area contributed by atoms with Crippen molar-refractivity contribution in [3.8, 4) is 11.3 Å². The largest absolute Gasteiger partial charge is 0.339 e. The van der Waals surface area contributed by atoms with Gasteiger partial charge in [-0.3, -0.25) is 19.0 Å². The number of carbonyl (C=O) groups excluding carboxylic acids is 2. The van der Waals surface area contributed by atoms with Crippen LogP contribution in [0.1, 0.15) is 60.3 Å². The standard InChI is InChI=1S/C25H33N7O2/c1-16-17(2)30-32(4)23(16)19-11-12-21(26-15-19)28-25(34)22(18-9-7-5-6-8-10-18)29-24(33)20-13-14-27-31(20)3/h11-15,18,22H,5-10H2,1-4H3,(H,29,33)(H,26,28,34)/t22-/m0/s1. The fourth-order valence-corrected chi connectivity index (χ4v) is 4.83. The van der Waals surface area contributed by atoms with E-state index in [0.29, 0.717) is 11.5 Å². The molecule has 2 N–H and O–H groups in total. The second kappa shape index (κ2) is 10.2. The van der Waals surface area contributed by atoms with Crippen LogP contribution in [0.15, 0.2) is 30.6 Å². The lowest BCUT2D eigenvalue weighted by Crippen LogP contribution is -2.49. The third-order valence-electron chi connectivity index (χ3n) is 6.80. The van der Waals surface area contributed by atoms with Gasteiger partial charge in [0.25, 0.3) is 5.91 Å². The van der Waals surface area contributed by atoms with E-state index in [2.05, 4.69) is 25.8 Å². The topological polar surface area (TPSA) is 107 Å². The maximum atomic E-state index is 13.4. The number of hydrogen-bond acceptors (Lipinski definition) is 5. The molecule has 0 radical (unpaired) electrons. The van der Waals surface area contributed by atoms with E-state index in [1.165, 1.54) is 4.68 Å². The van der Waals surface area contributed by atoms with Gasteiger partial charge in [0.15, 0.2) is 0 Å². The predicted molar refractivity (Wildman–Crippen MR) is 130 cm³/mol. The molecule has 1 saturated carbocycles. The highest BCUT2D eigenvalue weighted by Crippen LogP contribution is 2.28. The maximum absolute atomic E-state index is 13.4. The number of aryl methyl sites for hydroxylation is 3. The van der Waals surface area contributed by atoms with Gasteiger partial charge in [0.05, 0.1) is 11.4 Å². The first kappa shape index (κ1) is 23.7. The highest BCUT2D eigenvalue weighted by atomic mass is 16.2. The zero-order valence-corrected chi connectivity index (χ0v) is 20.3. The summed E-state index contributed by atoms with van der Waals surface area (Å²) in [5.41, 5.74) is 4.44. The number of pyridine rings is 1. The molecule has 0 unspecified atom stereocenters. The molecule has 180 valence electrons. The summed E-state index contributed by atoms with van der Waals surface area (Å²) in [6, 6.07) is 4.74. The molecule has 3 heterocycles. The molecule has 3 aromatic rings. The average molecular weight is 464 g/mol. The van der Waals surface area contributed by atoms with Gasteiger partial charge < -0.3 is 10.6 Å². The summed E-state index contributed by atoms with van der Waals surface area (Å²) in [5.74, 6) is 0.00250. The molecule has 1 aliphatic carbocycles. The fourth-order valence-electron chi connectivity index (χ4n) is 4.83. The highest BCUT2D eigenvalue weighted by Gasteiger charge is 2.31. The third kappa shape index (κ3) is 5.03. The van der Waals surface area contributed by atoms with Crippen molar-refractivity contribution in [2.45, 2.75) is 58.4 Å². The van der Waals surface area contributed by atoms with E-state index in [-0.39, 0.29) is 17.7 Å². The normalized spacial score (nSPS) is 15.5. The van der Waals surface area contributed by atoms with Crippen LogP contribution in [-0.4, -0.2) is 42.4 Å². The van der Waals surface area contributed by atoms with Crippen molar-refractivity contribution in [2.75, 3.05) is 5.32 Å². The number of carbonyl (C=O) groups is 2. The van der Waals surface area contributed by atoms with Gasteiger partial charge in [-0.1, -0.05) is 25.7 Å². The molecule has 34 heavy (non-hydrogen) atoms. The number of nitrogens with zero attached hydrogens (tertiary/aromatic N) is 5. The van der Waals surface area contributed by atoms with Gasteiger partial charge in [-0.25, -0.2) is 4.98 Å². The Bertz CT molecular complexity index is 1150. The van der Waals surface area contributed by atoms with Gasteiger partial charge >= 0.3 is 0 Å². The Hall–Kier alpha value is -3.49. The molecule has 9 nitrogen and oxygen atoms in total. The van der Waals surface area contributed by atoms with Crippen LogP contribution in [0, 0.1) is 19.8 Å². The van der Waals surface area contributed by atoms with Gasteiger partial charge in [0.2, 0.25) is 5.91 Å². The summed E-state index contributed by atoms with van der Waals surface area (Å²) >= 11 is 0. The molecule has 1 atom stereocenters. The van der Waals surface area contributed by atoms with E-state index < -0.39 is 6.04 Å². The van der Waals surface area contributed by atoms with Gasteiger partial charge in [0, 0.05) is 32.1 Å². The Morgan fingerprint density at radius 2 is 1.76 bits per heavy atom. The average Bonchev–Trinajstić information content (AvgIpc) is 3.21. The smallest absolute Gasteiger partial charge is 0.270 e. The van der Waals surface area contributed by atoms with Crippen LogP contribution in [0.25, 0.3) is 11.3 Å². The van der Waals surface area contributed by atoms with Gasteiger partial charge in [0.1, 0.15) is 17.6 Å². The summed E-state index contributed by atoms with van der Waals surface area (Å²) in [6.45, 7) is 4.02. The van der Waals surface area contributed by atoms with E-state index in [9.17, 15) is 9.59 Å². The molecule has 9 heteroatoms. The maximum Gasteiger partial charge on any atom is 0.270 e. The van der Waals surface area contributed by atoms with Crippen molar-refractivity contribution < 1.29 is 9.59 Å². The minimum Gasteiger partial charge on any atom is -0.339 e. The monoisotopic (exact) mass is 463 g/mol. The summed E-state index contributed by atoms with van der Waals surface area (Å²) in [7, 11) is 3.62. The second-order valence-corrected chi connectivity index (χ2v) is 9.15. The lowest BCUT2D eigenvalue weighted by atomic mass is 9.91. The molecule has 0 aliphatic heterocycles. The lowest BCUT2D eigenvalue weighted by Gasteiger charge is -2.26. The highest BCUT2D eigenvalue weighted by molar-refractivity contribution is 6.00. The van der Waals surface area contributed by atoms with Crippen LogP contribution in [-0.2, 0) is 18.9 Å². The van der Waals surface area contributed by atoms with Crippen LogP contribution in [0.3, 0.4) is 0 Å². The molecule has 3 aromatic heterocycles. The van der Waals surface area contributed by atoms with E-state index in [1.54, 1.807) is 31.6 Å². The van der Waals surface area contributed by atoms with E-state index in [1.807, 2.05) is 31.6 Å². The molecule has 0 spiro atoms. The fraction of sp³-hybridized carbons (Fsp3) is 0.480. The molecule has 1 aliphatic rings. The minimum absolute atomic E-state index is 0.0824. The first-order valence-corrected chi connectivity index (χ1v) is 11.9. The van der Waals surface area contributed by atoms with Crippen molar-refractivity contribution in [3.05, 3.63) is 47.5 Å². The SMILES string of the molecule is Cc1nn(C)c(-c2ccc(NC(=O)[C@@H](NC(=O)c3ccnn3C)C3CCCCCC3)nc2)c1C. The van der Waals surface area contributed by atoms with Gasteiger partial charge in [-0.05, 0) is 56.4 Å². The van der Waals surface area contributed by atoms with Gasteiger partial charge in [-0.15, -0.1) is 0 Å². The Balaban J connectivity index is 1.52. The first-order valence-electron chi connectivity index (χ1n) is 11.9. The number of hydrogen-bond donors (Lipinski definition) is 2. The number of nitrogens with one attached hydrogen (secondary N) is 2. The van der Waals surface area contributed by atoms with Crippen molar-refractivity contribution in [1.82, 2.24) is 29.9 Å². The van der Waals surface area contributed by atoms with Crippen molar-refractivity contribution in [3.63, 3.8) is 0 Å². The zero-order chi connectivity index (χ0) is 24.2. The van der Waals surface area contributed by atoms with E-state index in [0.717, 1.165) is 61.0 Å². The van der Waals surface area contributed by atoms with Crippen LogP contribution in [0.5, 0.6) is 0 Å². The molecule has 0 bridgehead atoms. The molecule has 1 fully saturated rings. The van der Waals surface area contributed by atoms with Crippen LogP contribution in [0.4, 0.5) is 5.82 Å². The first-order chi connectivity index (χ1) is 16.3. The Morgan fingerprint density at radius 1 is 1.03 bits per heavy atom. The Labute approximate surface area is 200 Å². The van der Waals surface area contributed by atoms with Crippen LogP contribution >= 0.6 is 0 Å². The van der Waals surface area contributed by atoms with Crippen molar-refractivity contribution in [1.29, 1.82) is 0 Å². The summed E-state index contributed by atoms with van der Waals surface area (Å²) in [5, 5.41) is 14.4. The molecular formula is C25H33N7O2. The quantitative estimate of drug-likeness (QED) is 0.544. The third-order valence-corrected chi connectivity index (χ3v) is 6.80. The zero-order valence-electron chi connectivity index (χ0n) is 20.3. The minimum atomic E-state index is -0.635.